The van der Waals surface area contributed by atoms with Crippen molar-refractivity contribution in [3.05, 3.63) is 29.3 Å². The van der Waals surface area contributed by atoms with Crippen LogP contribution in [0, 0.1) is 0 Å². The van der Waals surface area contributed by atoms with Gasteiger partial charge in [0.25, 0.3) is 5.91 Å². The van der Waals surface area contributed by atoms with E-state index in [0.29, 0.717) is 17.8 Å². The molecular formula is C12H15FN2O. The van der Waals surface area contributed by atoms with Crippen LogP contribution >= 0.6 is 0 Å². The number of alkyl halides is 1. The number of rotatable bonds is 2. The molecule has 1 aromatic rings. The lowest BCUT2D eigenvalue weighted by Gasteiger charge is -2.32. The number of nitrogens with zero attached hydrogens (tertiary/aromatic N) is 1. The second-order valence-corrected chi connectivity index (χ2v) is 4.15. The predicted octanol–water partition coefficient (Wildman–Crippen LogP) is 1.80. The van der Waals surface area contributed by atoms with Crippen molar-refractivity contribution in [1.82, 2.24) is 4.90 Å². The largest absolute Gasteiger partial charge is 0.398 e. The van der Waals surface area contributed by atoms with Gasteiger partial charge in [-0.15, -0.1) is 0 Å². The van der Waals surface area contributed by atoms with Gasteiger partial charge in [0, 0.05) is 18.8 Å². The molecule has 4 heteroatoms. The van der Waals surface area contributed by atoms with E-state index in [1.54, 1.807) is 6.07 Å². The van der Waals surface area contributed by atoms with E-state index in [1.165, 1.54) is 4.90 Å². The first-order chi connectivity index (χ1) is 7.65. The Morgan fingerprint density at radius 3 is 3.00 bits per heavy atom. The number of nitrogen functional groups attached to an aromatic ring is 1. The fourth-order valence-corrected chi connectivity index (χ4v) is 2.21. The monoisotopic (exact) mass is 222 g/mol. The van der Waals surface area contributed by atoms with Crippen molar-refractivity contribution in [3.63, 3.8) is 0 Å². The molecule has 1 aromatic carbocycles. The normalized spacial score (nSPS) is 19.8. The van der Waals surface area contributed by atoms with Crippen LogP contribution in [0.25, 0.3) is 0 Å². The maximum atomic E-state index is 12.3. The number of amides is 1. The summed E-state index contributed by atoms with van der Waals surface area (Å²) in [4.78, 5) is 13.6. The van der Waals surface area contributed by atoms with Crippen molar-refractivity contribution in [2.75, 3.05) is 25.5 Å². The highest BCUT2D eigenvalue weighted by Gasteiger charge is 2.29. The van der Waals surface area contributed by atoms with Gasteiger partial charge < -0.3 is 10.6 Å². The van der Waals surface area contributed by atoms with Crippen LogP contribution in [0.2, 0.25) is 0 Å². The second-order valence-electron chi connectivity index (χ2n) is 4.15. The highest BCUT2D eigenvalue weighted by atomic mass is 19.1. The van der Waals surface area contributed by atoms with Crippen LogP contribution < -0.4 is 5.73 Å². The van der Waals surface area contributed by atoms with Crippen LogP contribution in [0.4, 0.5) is 10.1 Å². The molecule has 0 aliphatic carbocycles. The maximum absolute atomic E-state index is 12.3. The lowest BCUT2D eigenvalue weighted by Crippen LogP contribution is -2.40. The van der Waals surface area contributed by atoms with Gasteiger partial charge in [0.15, 0.2) is 0 Å². The first-order valence-electron chi connectivity index (χ1n) is 5.38. The topological polar surface area (TPSA) is 46.3 Å². The highest BCUT2D eigenvalue weighted by molar-refractivity contribution is 6.01. The molecule has 0 aromatic heterocycles. The van der Waals surface area contributed by atoms with E-state index in [9.17, 15) is 9.18 Å². The van der Waals surface area contributed by atoms with Gasteiger partial charge in [-0.25, -0.2) is 4.39 Å². The molecule has 0 bridgehead atoms. The first kappa shape index (κ1) is 10.9. The summed E-state index contributed by atoms with van der Waals surface area (Å²) in [7, 11) is 0. The lowest BCUT2D eigenvalue weighted by molar-refractivity contribution is 0.0714. The molecule has 86 valence electrons. The molecule has 2 N–H and O–H groups in total. The molecule has 1 aliphatic rings. The Morgan fingerprint density at radius 2 is 2.31 bits per heavy atom. The standard InChI is InChI=1S/C12H15FN2O/c1-8-7-15(6-5-13)12(16)11-9(8)3-2-4-10(11)14/h2-4,8H,5-7,14H2,1H3. The Bertz CT molecular complexity index is 419. The molecule has 0 fully saturated rings. The van der Waals surface area contributed by atoms with Crippen LogP contribution in [-0.2, 0) is 0 Å². The third-order valence-electron chi connectivity index (χ3n) is 3.01. The molecule has 1 aliphatic heterocycles. The summed E-state index contributed by atoms with van der Waals surface area (Å²) in [5, 5.41) is 0. The summed E-state index contributed by atoms with van der Waals surface area (Å²) in [5.41, 5.74) is 7.82. The molecule has 0 saturated heterocycles. The van der Waals surface area contributed by atoms with Gasteiger partial charge in [-0.05, 0) is 17.5 Å². The van der Waals surface area contributed by atoms with Gasteiger partial charge in [0.2, 0.25) is 0 Å². The SMILES string of the molecule is CC1CN(CCF)C(=O)c2c(N)cccc21. The molecule has 3 nitrogen and oxygen atoms in total. The minimum Gasteiger partial charge on any atom is -0.398 e. The van der Waals surface area contributed by atoms with Crippen LogP contribution in [-0.4, -0.2) is 30.6 Å². The van der Waals surface area contributed by atoms with E-state index in [1.807, 2.05) is 19.1 Å². The Kier molecular flexibility index (Phi) is 2.81. The molecule has 1 atom stereocenters. The third kappa shape index (κ3) is 1.64. The number of nitrogens with two attached hydrogens (primary N) is 1. The fraction of sp³-hybridized carbons (Fsp3) is 0.417. The van der Waals surface area contributed by atoms with Crippen molar-refractivity contribution in [3.8, 4) is 0 Å². The average Bonchev–Trinajstić information content (AvgIpc) is 2.25. The number of fused-ring (bicyclic) bond motifs is 1. The molecule has 0 radical (unpaired) electrons. The third-order valence-corrected chi connectivity index (χ3v) is 3.01. The molecule has 16 heavy (non-hydrogen) atoms. The van der Waals surface area contributed by atoms with Gasteiger partial charge >= 0.3 is 0 Å². The van der Waals surface area contributed by atoms with Gasteiger partial charge in [-0.2, -0.15) is 0 Å². The number of anilines is 1. The molecule has 1 amide bonds. The smallest absolute Gasteiger partial charge is 0.256 e. The molecule has 0 saturated carbocycles. The quantitative estimate of drug-likeness (QED) is 0.775. The van der Waals surface area contributed by atoms with Crippen molar-refractivity contribution < 1.29 is 9.18 Å². The maximum Gasteiger partial charge on any atom is 0.256 e. The molecule has 1 unspecified atom stereocenters. The van der Waals surface area contributed by atoms with E-state index in [-0.39, 0.29) is 18.4 Å². The van der Waals surface area contributed by atoms with Gasteiger partial charge in [0.1, 0.15) is 6.67 Å². The first-order valence-corrected chi connectivity index (χ1v) is 5.38. The number of hydrogen-bond acceptors (Lipinski definition) is 2. The van der Waals surface area contributed by atoms with Crippen LogP contribution in [0.1, 0.15) is 28.8 Å². The van der Waals surface area contributed by atoms with E-state index < -0.39 is 6.67 Å². The summed E-state index contributed by atoms with van der Waals surface area (Å²) in [6.45, 7) is 2.23. The highest BCUT2D eigenvalue weighted by Crippen LogP contribution is 2.31. The summed E-state index contributed by atoms with van der Waals surface area (Å²) in [6, 6.07) is 5.48. The number of halogens is 1. The number of benzene rings is 1. The van der Waals surface area contributed by atoms with Gasteiger partial charge in [0.05, 0.1) is 5.56 Å². The minimum absolute atomic E-state index is 0.149. The van der Waals surface area contributed by atoms with E-state index >= 15 is 0 Å². The summed E-state index contributed by atoms with van der Waals surface area (Å²) < 4.78 is 12.3. The summed E-state index contributed by atoms with van der Waals surface area (Å²) in [6.07, 6.45) is 0. The van der Waals surface area contributed by atoms with Crippen molar-refractivity contribution in [2.24, 2.45) is 0 Å². The average molecular weight is 222 g/mol. The van der Waals surface area contributed by atoms with Gasteiger partial charge in [-0.1, -0.05) is 19.1 Å². The Labute approximate surface area is 94.0 Å². The lowest BCUT2D eigenvalue weighted by atomic mass is 9.89. The van der Waals surface area contributed by atoms with Crippen molar-refractivity contribution in [1.29, 1.82) is 0 Å². The number of hydrogen-bond donors (Lipinski definition) is 1. The van der Waals surface area contributed by atoms with E-state index in [2.05, 4.69) is 0 Å². The number of carbonyl (C=O) groups excluding carboxylic acids is 1. The van der Waals surface area contributed by atoms with Crippen LogP contribution in [0.3, 0.4) is 0 Å². The zero-order valence-electron chi connectivity index (χ0n) is 9.24. The number of carbonyl (C=O) groups is 1. The van der Waals surface area contributed by atoms with Gasteiger partial charge in [-0.3, -0.25) is 4.79 Å². The fourth-order valence-electron chi connectivity index (χ4n) is 2.21. The zero-order chi connectivity index (χ0) is 11.7. The van der Waals surface area contributed by atoms with Crippen LogP contribution in [0.15, 0.2) is 18.2 Å². The van der Waals surface area contributed by atoms with Crippen LogP contribution in [0.5, 0.6) is 0 Å². The molecule has 2 rings (SSSR count). The summed E-state index contributed by atoms with van der Waals surface area (Å²) >= 11 is 0. The molecule has 1 heterocycles. The van der Waals surface area contributed by atoms with E-state index in [0.717, 1.165) is 5.56 Å². The van der Waals surface area contributed by atoms with Crippen molar-refractivity contribution >= 4 is 11.6 Å². The Hall–Kier alpha value is -1.58. The van der Waals surface area contributed by atoms with Crippen molar-refractivity contribution in [2.45, 2.75) is 12.8 Å². The zero-order valence-corrected chi connectivity index (χ0v) is 9.24. The minimum atomic E-state index is -0.513. The second kappa shape index (κ2) is 4.12. The molecule has 0 spiro atoms. The van der Waals surface area contributed by atoms with E-state index in [4.69, 9.17) is 5.73 Å². The Morgan fingerprint density at radius 1 is 1.56 bits per heavy atom. The Balaban J connectivity index is 2.44. The predicted molar refractivity (Wildman–Crippen MR) is 61.1 cm³/mol. The summed E-state index contributed by atoms with van der Waals surface area (Å²) in [5.74, 6) is 0.0617. The molecular weight excluding hydrogens is 207 g/mol.